The summed E-state index contributed by atoms with van der Waals surface area (Å²) >= 11 is 9.60. The monoisotopic (exact) mass is 431 g/mol. The van der Waals surface area contributed by atoms with E-state index in [1.165, 1.54) is 10.7 Å². The summed E-state index contributed by atoms with van der Waals surface area (Å²) < 4.78 is 2.40. The van der Waals surface area contributed by atoms with Crippen LogP contribution in [0.3, 0.4) is 0 Å². The van der Waals surface area contributed by atoms with Crippen molar-refractivity contribution in [2.75, 3.05) is 5.32 Å². The van der Waals surface area contributed by atoms with Crippen LogP contribution in [0.15, 0.2) is 57.8 Å². The van der Waals surface area contributed by atoms with Gasteiger partial charge in [0.2, 0.25) is 5.43 Å². The lowest BCUT2D eigenvalue weighted by molar-refractivity contribution is 0.101. The summed E-state index contributed by atoms with van der Waals surface area (Å²) in [6, 6.07) is 13.9. The zero-order valence-corrected chi connectivity index (χ0v) is 16.4. The summed E-state index contributed by atoms with van der Waals surface area (Å²) in [5.74, 6) is -0.568. The highest BCUT2D eigenvalue weighted by molar-refractivity contribution is 9.10. The Bertz CT molecular complexity index is 1060. The van der Waals surface area contributed by atoms with Crippen LogP contribution in [-0.4, -0.2) is 15.7 Å². The van der Waals surface area contributed by atoms with Crippen LogP contribution in [-0.2, 0) is 0 Å². The molecule has 0 saturated carbocycles. The number of benzene rings is 2. The third-order valence-electron chi connectivity index (χ3n) is 3.84. The molecule has 0 aliphatic carbocycles. The molecule has 1 amide bonds. The number of anilines is 1. The summed E-state index contributed by atoms with van der Waals surface area (Å²) in [5.41, 5.74) is 2.02. The van der Waals surface area contributed by atoms with Crippen LogP contribution in [0.5, 0.6) is 0 Å². The average Bonchev–Trinajstić information content (AvgIpc) is 2.58. The number of nitrogens with one attached hydrogen (secondary N) is 1. The molecule has 7 heteroatoms. The van der Waals surface area contributed by atoms with Gasteiger partial charge in [-0.3, -0.25) is 9.59 Å². The maximum absolute atomic E-state index is 12.6. The lowest BCUT2D eigenvalue weighted by Gasteiger charge is -2.13. The van der Waals surface area contributed by atoms with Gasteiger partial charge in [0.15, 0.2) is 5.69 Å². The maximum atomic E-state index is 12.6. The van der Waals surface area contributed by atoms with Gasteiger partial charge in [-0.25, -0.2) is 4.68 Å². The van der Waals surface area contributed by atoms with Crippen molar-refractivity contribution >= 4 is 39.1 Å². The number of amides is 1. The Hall–Kier alpha value is -2.44. The number of nitrogens with zero attached hydrogens (tertiary/aromatic N) is 2. The van der Waals surface area contributed by atoms with Crippen molar-refractivity contribution in [2.24, 2.45) is 0 Å². The number of aromatic nitrogens is 2. The van der Waals surface area contributed by atoms with E-state index in [1.807, 2.05) is 25.1 Å². The SMILES string of the molecule is Cc1cc(Br)ccc1NC(=O)c1nn(-c2ccccc2Cl)c(C)cc1=O. The second-order valence-corrected chi connectivity index (χ2v) is 7.10. The highest BCUT2D eigenvalue weighted by atomic mass is 79.9. The smallest absolute Gasteiger partial charge is 0.280 e. The first-order valence-electron chi connectivity index (χ1n) is 7.80. The predicted octanol–water partition coefficient (Wildman–Crippen LogP) is 4.52. The molecule has 5 nitrogen and oxygen atoms in total. The first-order chi connectivity index (χ1) is 12.4. The van der Waals surface area contributed by atoms with Crippen LogP contribution in [0, 0.1) is 13.8 Å². The molecule has 0 aliphatic rings. The number of carbonyl (C=O) groups is 1. The summed E-state index contributed by atoms with van der Waals surface area (Å²) in [6.45, 7) is 3.60. The van der Waals surface area contributed by atoms with E-state index in [1.54, 1.807) is 31.2 Å². The van der Waals surface area contributed by atoms with Crippen molar-refractivity contribution in [3.63, 3.8) is 0 Å². The number of carbonyl (C=O) groups excluding carboxylic acids is 1. The summed E-state index contributed by atoms with van der Waals surface area (Å²) in [5, 5.41) is 7.46. The number of aryl methyl sites for hydroxylation is 2. The van der Waals surface area contributed by atoms with Crippen molar-refractivity contribution in [3.8, 4) is 5.69 Å². The highest BCUT2D eigenvalue weighted by Crippen LogP contribution is 2.21. The molecular weight excluding hydrogens is 418 g/mol. The van der Waals surface area contributed by atoms with Gasteiger partial charge < -0.3 is 5.32 Å². The number of para-hydroxylation sites is 1. The third-order valence-corrected chi connectivity index (χ3v) is 4.65. The molecular formula is C19H15BrClN3O2. The van der Waals surface area contributed by atoms with Gasteiger partial charge >= 0.3 is 0 Å². The van der Waals surface area contributed by atoms with Crippen molar-refractivity contribution in [1.29, 1.82) is 0 Å². The molecule has 132 valence electrons. The molecule has 0 spiro atoms. The van der Waals surface area contributed by atoms with Gasteiger partial charge in [0.25, 0.3) is 5.91 Å². The van der Waals surface area contributed by atoms with Gasteiger partial charge in [-0.05, 0) is 49.7 Å². The van der Waals surface area contributed by atoms with Crippen LogP contribution in [0.1, 0.15) is 21.7 Å². The molecule has 0 saturated heterocycles. The second kappa shape index (κ2) is 7.43. The van der Waals surface area contributed by atoms with E-state index in [9.17, 15) is 9.59 Å². The number of hydrogen-bond donors (Lipinski definition) is 1. The van der Waals surface area contributed by atoms with Gasteiger partial charge in [-0.1, -0.05) is 39.7 Å². The van der Waals surface area contributed by atoms with Gasteiger partial charge in [-0.15, -0.1) is 0 Å². The van der Waals surface area contributed by atoms with Gasteiger partial charge in [0.1, 0.15) is 0 Å². The molecule has 0 radical (unpaired) electrons. The molecule has 0 unspecified atom stereocenters. The third kappa shape index (κ3) is 3.71. The first-order valence-corrected chi connectivity index (χ1v) is 8.97. The minimum Gasteiger partial charge on any atom is -0.320 e. The fraction of sp³-hybridized carbons (Fsp3) is 0.105. The van der Waals surface area contributed by atoms with E-state index in [0.29, 0.717) is 22.1 Å². The molecule has 1 N–H and O–H groups in total. The molecule has 0 bridgehead atoms. The first kappa shape index (κ1) is 18.4. The lowest BCUT2D eigenvalue weighted by atomic mass is 10.2. The molecule has 3 rings (SSSR count). The van der Waals surface area contributed by atoms with E-state index in [2.05, 4.69) is 26.3 Å². The number of rotatable bonds is 3. The quantitative estimate of drug-likeness (QED) is 0.662. The molecule has 2 aromatic carbocycles. The van der Waals surface area contributed by atoms with Crippen LogP contribution >= 0.6 is 27.5 Å². The van der Waals surface area contributed by atoms with Gasteiger partial charge in [0.05, 0.1) is 10.7 Å². The zero-order valence-electron chi connectivity index (χ0n) is 14.1. The van der Waals surface area contributed by atoms with Crippen LogP contribution < -0.4 is 10.7 Å². The molecule has 0 aliphatic heterocycles. The molecule has 0 fully saturated rings. The Morgan fingerprint density at radius 2 is 1.88 bits per heavy atom. The molecule has 26 heavy (non-hydrogen) atoms. The van der Waals surface area contributed by atoms with Crippen LogP contribution in [0.4, 0.5) is 5.69 Å². The zero-order chi connectivity index (χ0) is 18.8. The summed E-state index contributed by atoms with van der Waals surface area (Å²) in [7, 11) is 0. The molecule has 1 aromatic heterocycles. The minimum absolute atomic E-state index is 0.196. The Morgan fingerprint density at radius 3 is 2.58 bits per heavy atom. The Balaban J connectivity index is 2.02. The normalized spacial score (nSPS) is 10.6. The molecule has 3 aromatic rings. The molecule has 1 heterocycles. The number of hydrogen-bond acceptors (Lipinski definition) is 3. The second-order valence-electron chi connectivity index (χ2n) is 5.78. The fourth-order valence-electron chi connectivity index (χ4n) is 2.52. The topological polar surface area (TPSA) is 64.0 Å². The van der Waals surface area contributed by atoms with Crippen molar-refractivity contribution in [1.82, 2.24) is 9.78 Å². The molecule has 0 atom stereocenters. The largest absolute Gasteiger partial charge is 0.320 e. The Kier molecular flexibility index (Phi) is 5.25. The number of halogens is 2. The van der Waals surface area contributed by atoms with E-state index >= 15 is 0 Å². The minimum atomic E-state index is -0.568. The van der Waals surface area contributed by atoms with Crippen LogP contribution in [0.25, 0.3) is 5.69 Å². The van der Waals surface area contributed by atoms with E-state index in [4.69, 9.17) is 11.6 Å². The van der Waals surface area contributed by atoms with E-state index in [0.717, 1.165) is 10.0 Å². The fourth-order valence-corrected chi connectivity index (χ4v) is 3.21. The summed E-state index contributed by atoms with van der Waals surface area (Å²) in [6.07, 6.45) is 0. The van der Waals surface area contributed by atoms with Gasteiger partial charge in [-0.2, -0.15) is 5.10 Å². The Morgan fingerprint density at radius 1 is 1.15 bits per heavy atom. The maximum Gasteiger partial charge on any atom is 0.280 e. The van der Waals surface area contributed by atoms with Crippen molar-refractivity contribution in [2.45, 2.75) is 13.8 Å². The van der Waals surface area contributed by atoms with Crippen molar-refractivity contribution in [3.05, 3.63) is 85.2 Å². The average molecular weight is 433 g/mol. The standard InChI is InChI=1S/C19H15BrClN3O2/c1-11-9-13(20)7-8-15(11)22-19(26)18-17(25)10-12(2)24(23-18)16-6-4-3-5-14(16)21/h3-10H,1-2H3,(H,22,26). The highest BCUT2D eigenvalue weighted by Gasteiger charge is 2.17. The van der Waals surface area contributed by atoms with Crippen molar-refractivity contribution < 1.29 is 4.79 Å². The van der Waals surface area contributed by atoms with E-state index < -0.39 is 11.3 Å². The predicted molar refractivity (Wildman–Crippen MR) is 106 cm³/mol. The Labute approximate surface area is 163 Å². The summed E-state index contributed by atoms with van der Waals surface area (Å²) in [4.78, 5) is 24.9. The lowest BCUT2D eigenvalue weighted by Crippen LogP contribution is -2.27. The van der Waals surface area contributed by atoms with E-state index in [-0.39, 0.29) is 5.69 Å². The van der Waals surface area contributed by atoms with Crippen LogP contribution in [0.2, 0.25) is 5.02 Å². The van der Waals surface area contributed by atoms with Gasteiger partial charge in [0, 0.05) is 21.9 Å².